The van der Waals surface area contributed by atoms with Gasteiger partial charge in [-0.2, -0.15) is 0 Å². The third-order valence-corrected chi connectivity index (χ3v) is 5.26. The minimum absolute atomic E-state index is 0.0909. The average molecular weight is 378 g/mol. The van der Waals surface area contributed by atoms with Crippen molar-refractivity contribution in [2.24, 2.45) is 5.92 Å². The topological polar surface area (TPSA) is 61.8 Å². The second kappa shape index (κ2) is 7.89. The predicted molar refractivity (Wildman–Crippen MR) is 106 cm³/mol. The van der Waals surface area contributed by atoms with Gasteiger partial charge in [0, 0.05) is 16.3 Å². The smallest absolute Gasteiger partial charge is 0.320 e. The van der Waals surface area contributed by atoms with Crippen LogP contribution in [0.25, 0.3) is 21.5 Å². The maximum absolute atomic E-state index is 12.6. The van der Waals surface area contributed by atoms with Gasteiger partial charge in [-0.15, -0.1) is 0 Å². The van der Waals surface area contributed by atoms with Gasteiger partial charge in [-0.05, 0) is 30.0 Å². The molecule has 0 radical (unpaired) electrons. The summed E-state index contributed by atoms with van der Waals surface area (Å²) in [4.78, 5) is 24.6. The maximum atomic E-state index is 12.6. The Bertz CT molecular complexity index is 983. The normalized spacial score (nSPS) is 17.2. The molecule has 3 aromatic rings. The molecule has 1 aliphatic heterocycles. The maximum Gasteiger partial charge on any atom is 0.320 e. The number of fused-ring (bicyclic) bond motifs is 2. The molecule has 0 bridgehead atoms. The molecule has 5 nitrogen and oxygen atoms in total. The molecule has 1 fully saturated rings. The number of ether oxygens (including phenoxy) is 3. The van der Waals surface area contributed by atoms with E-state index in [0.717, 1.165) is 45.7 Å². The van der Waals surface area contributed by atoms with Crippen LogP contribution in [0.1, 0.15) is 24.8 Å². The van der Waals surface area contributed by atoms with Crippen LogP contribution in [-0.4, -0.2) is 25.7 Å². The fourth-order valence-corrected chi connectivity index (χ4v) is 3.85. The van der Waals surface area contributed by atoms with Crippen molar-refractivity contribution < 1.29 is 23.8 Å². The molecule has 0 amide bonds. The van der Waals surface area contributed by atoms with Gasteiger partial charge < -0.3 is 14.2 Å². The van der Waals surface area contributed by atoms with Gasteiger partial charge in [-0.1, -0.05) is 48.5 Å². The van der Waals surface area contributed by atoms with Crippen LogP contribution in [-0.2, 0) is 25.7 Å². The molecule has 0 N–H and O–H groups in total. The van der Waals surface area contributed by atoms with Crippen molar-refractivity contribution in [1.82, 2.24) is 0 Å². The second-order valence-electron chi connectivity index (χ2n) is 6.93. The molecule has 1 unspecified atom stereocenters. The van der Waals surface area contributed by atoms with E-state index >= 15 is 0 Å². The molecule has 0 saturated carbocycles. The van der Waals surface area contributed by atoms with E-state index in [1.807, 2.05) is 48.5 Å². The standard InChI is InChI=1S/C23H22O5/c1-26-21-17-10-4-2-8-15(17)20(16-9-3-5-11-18(16)21)14-28-23(25)19-12-6-7-13-27-22(19)24/h2-5,8-11,19H,6-7,12-14H2,1H3. The lowest BCUT2D eigenvalue weighted by Gasteiger charge is -2.17. The number of hydrogen-bond donors (Lipinski definition) is 0. The summed E-state index contributed by atoms with van der Waals surface area (Å²) >= 11 is 0. The molecule has 4 rings (SSSR count). The van der Waals surface area contributed by atoms with Crippen LogP contribution in [0.2, 0.25) is 0 Å². The Labute approximate surface area is 163 Å². The Hall–Kier alpha value is -3.08. The largest absolute Gasteiger partial charge is 0.495 e. The van der Waals surface area contributed by atoms with Gasteiger partial charge in [-0.3, -0.25) is 9.59 Å². The minimum atomic E-state index is -0.835. The van der Waals surface area contributed by atoms with Crippen molar-refractivity contribution in [3.63, 3.8) is 0 Å². The van der Waals surface area contributed by atoms with E-state index in [2.05, 4.69) is 0 Å². The zero-order chi connectivity index (χ0) is 19.5. The van der Waals surface area contributed by atoms with Crippen LogP contribution in [0.4, 0.5) is 0 Å². The molecular weight excluding hydrogens is 356 g/mol. The van der Waals surface area contributed by atoms with Gasteiger partial charge in [-0.25, -0.2) is 0 Å². The highest BCUT2D eigenvalue weighted by Gasteiger charge is 2.31. The van der Waals surface area contributed by atoms with Crippen molar-refractivity contribution in [2.45, 2.75) is 25.9 Å². The fraction of sp³-hybridized carbons (Fsp3) is 0.304. The Kier molecular flexibility index (Phi) is 5.15. The summed E-state index contributed by atoms with van der Waals surface area (Å²) in [5.41, 5.74) is 0.905. The molecular formula is C23H22O5. The predicted octanol–water partition coefficient (Wildman–Crippen LogP) is 4.39. The number of carbonyl (C=O) groups is 2. The van der Waals surface area contributed by atoms with Crippen molar-refractivity contribution in [2.75, 3.05) is 13.7 Å². The first-order chi connectivity index (χ1) is 13.7. The first kappa shape index (κ1) is 18.3. The van der Waals surface area contributed by atoms with Gasteiger partial charge >= 0.3 is 11.9 Å². The Morgan fingerprint density at radius 3 is 2.21 bits per heavy atom. The number of carbonyl (C=O) groups excluding carboxylic acids is 2. The van der Waals surface area contributed by atoms with Gasteiger partial charge in [0.1, 0.15) is 12.4 Å². The lowest BCUT2D eigenvalue weighted by molar-refractivity contribution is -0.162. The number of methoxy groups -OCH3 is 1. The van der Waals surface area contributed by atoms with E-state index in [0.29, 0.717) is 13.0 Å². The summed E-state index contributed by atoms with van der Waals surface area (Å²) in [5, 5.41) is 3.86. The number of cyclic esters (lactones) is 1. The highest BCUT2D eigenvalue weighted by molar-refractivity contribution is 6.08. The van der Waals surface area contributed by atoms with Crippen LogP contribution in [0.3, 0.4) is 0 Å². The van der Waals surface area contributed by atoms with Crippen LogP contribution >= 0.6 is 0 Å². The Morgan fingerprint density at radius 2 is 1.61 bits per heavy atom. The molecule has 0 spiro atoms. The zero-order valence-electron chi connectivity index (χ0n) is 15.8. The molecule has 1 aliphatic rings. The molecule has 0 aliphatic carbocycles. The molecule has 144 valence electrons. The SMILES string of the molecule is COc1c2ccccc2c(COC(=O)C2CCCCOC2=O)c2ccccc12. The third kappa shape index (κ3) is 3.28. The van der Waals surface area contributed by atoms with Gasteiger partial charge in [0.15, 0.2) is 5.92 Å². The molecule has 28 heavy (non-hydrogen) atoms. The summed E-state index contributed by atoms with van der Waals surface area (Å²) in [6.45, 7) is 0.462. The summed E-state index contributed by atoms with van der Waals surface area (Å²) in [5.74, 6) is -1.03. The van der Waals surface area contributed by atoms with Crippen molar-refractivity contribution in [3.8, 4) is 5.75 Å². The van der Waals surface area contributed by atoms with E-state index < -0.39 is 17.9 Å². The zero-order valence-corrected chi connectivity index (χ0v) is 15.8. The van der Waals surface area contributed by atoms with E-state index in [-0.39, 0.29) is 6.61 Å². The van der Waals surface area contributed by atoms with Crippen molar-refractivity contribution in [3.05, 3.63) is 54.1 Å². The van der Waals surface area contributed by atoms with Crippen molar-refractivity contribution >= 4 is 33.5 Å². The monoisotopic (exact) mass is 378 g/mol. The highest BCUT2D eigenvalue weighted by Crippen LogP contribution is 2.38. The van der Waals surface area contributed by atoms with Gasteiger partial charge in [0.05, 0.1) is 13.7 Å². The van der Waals surface area contributed by atoms with Crippen LogP contribution in [0, 0.1) is 5.92 Å². The van der Waals surface area contributed by atoms with Crippen molar-refractivity contribution in [1.29, 1.82) is 0 Å². The summed E-state index contributed by atoms with van der Waals surface area (Å²) in [6.07, 6.45) is 2.03. The first-order valence-corrected chi connectivity index (χ1v) is 9.50. The molecule has 1 saturated heterocycles. The second-order valence-corrected chi connectivity index (χ2v) is 6.93. The van der Waals surface area contributed by atoms with Crippen LogP contribution in [0.15, 0.2) is 48.5 Å². The number of hydrogen-bond acceptors (Lipinski definition) is 5. The summed E-state index contributed by atoms with van der Waals surface area (Å²) < 4.78 is 16.4. The molecule has 1 atom stereocenters. The van der Waals surface area contributed by atoms with Crippen LogP contribution in [0.5, 0.6) is 5.75 Å². The highest BCUT2D eigenvalue weighted by atomic mass is 16.6. The van der Waals surface area contributed by atoms with Crippen LogP contribution < -0.4 is 4.74 Å². The van der Waals surface area contributed by atoms with E-state index in [1.54, 1.807) is 7.11 Å². The lowest BCUT2D eigenvalue weighted by Crippen LogP contribution is -2.26. The lowest BCUT2D eigenvalue weighted by atomic mass is 9.96. The number of rotatable bonds is 4. The van der Waals surface area contributed by atoms with E-state index in [1.165, 1.54) is 0 Å². The Balaban J connectivity index is 1.72. The fourth-order valence-electron chi connectivity index (χ4n) is 3.85. The molecule has 3 aromatic carbocycles. The number of esters is 2. The molecule has 1 heterocycles. The third-order valence-electron chi connectivity index (χ3n) is 5.26. The quantitative estimate of drug-likeness (QED) is 0.383. The van der Waals surface area contributed by atoms with E-state index in [9.17, 15) is 9.59 Å². The van der Waals surface area contributed by atoms with Gasteiger partial charge in [0.2, 0.25) is 0 Å². The average Bonchev–Trinajstić information content (AvgIpc) is 2.95. The molecule has 5 heteroatoms. The summed E-state index contributed by atoms with van der Waals surface area (Å²) in [6, 6.07) is 15.8. The minimum Gasteiger partial charge on any atom is -0.495 e. The van der Waals surface area contributed by atoms with E-state index in [4.69, 9.17) is 14.2 Å². The Morgan fingerprint density at radius 1 is 1.00 bits per heavy atom. The number of benzene rings is 3. The molecule has 0 aromatic heterocycles. The van der Waals surface area contributed by atoms with Gasteiger partial charge in [0.25, 0.3) is 0 Å². The first-order valence-electron chi connectivity index (χ1n) is 9.50. The summed E-state index contributed by atoms with van der Waals surface area (Å²) in [7, 11) is 1.66.